The predicted octanol–water partition coefficient (Wildman–Crippen LogP) is 16.6. The lowest BCUT2D eigenvalue weighted by Gasteiger charge is -2.24. The number of amides is 1. The van der Waals surface area contributed by atoms with Gasteiger partial charge in [-0.25, -0.2) is 0 Å². The molecule has 64 heavy (non-hydrogen) atoms. The number of ether oxygens (including phenoxy) is 1. The average Bonchev–Trinajstić information content (AvgIpc) is 3.29. The molecule has 6 heteroatoms. The second kappa shape index (κ2) is 51.3. The molecule has 0 aliphatic carbocycles. The van der Waals surface area contributed by atoms with E-state index in [9.17, 15) is 19.8 Å². The number of esters is 1. The molecule has 1 amide bonds. The molecule has 3 N–H and O–H groups in total. The van der Waals surface area contributed by atoms with E-state index in [1.54, 1.807) is 0 Å². The van der Waals surface area contributed by atoms with Crippen molar-refractivity contribution in [2.75, 3.05) is 6.61 Å². The normalized spacial score (nSPS) is 13.8. The van der Waals surface area contributed by atoms with Gasteiger partial charge in [0, 0.05) is 12.8 Å². The molecule has 6 nitrogen and oxygen atoms in total. The highest BCUT2D eigenvalue weighted by atomic mass is 16.5. The van der Waals surface area contributed by atoms with Crippen LogP contribution in [0.2, 0.25) is 0 Å². The SMILES string of the molecule is CC/C=C\C/C=C\C/C=C\C/C=C\C/C=C\CC(CC(=O)NC(CO)C(O)CCCCCCCCCCCCC)OC(=O)CCCCCCCCCCC/C=C/CCCCCCCC. The molecule has 0 aromatic heterocycles. The van der Waals surface area contributed by atoms with E-state index in [4.69, 9.17) is 4.74 Å². The molecule has 0 bridgehead atoms. The molecule has 3 unspecified atom stereocenters. The summed E-state index contributed by atoms with van der Waals surface area (Å²) >= 11 is 0. The van der Waals surface area contributed by atoms with Gasteiger partial charge >= 0.3 is 5.97 Å². The van der Waals surface area contributed by atoms with Crippen LogP contribution in [0.15, 0.2) is 72.9 Å². The summed E-state index contributed by atoms with van der Waals surface area (Å²) in [5, 5.41) is 23.7. The Morgan fingerprint density at radius 2 is 0.875 bits per heavy atom. The van der Waals surface area contributed by atoms with Crippen LogP contribution in [0.3, 0.4) is 0 Å². The van der Waals surface area contributed by atoms with Crippen LogP contribution in [0.1, 0.15) is 258 Å². The third-order valence-electron chi connectivity index (χ3n) is 12.0. The summed E-state index contributed by atoms with van der Waals surface area (Å²) in [5.41, 5.74) is 0. The van der Waals surface area contributed by atoms with Gasteiger partial charge < -0.3 is 20.3 Å². The summed E-state index contributed by atoms with van der Waals surface area (Å²) < 4.78 is 5.88. The summed E-state index contributed by atoms with van der Waals surface area (Å²) in [5.74, 6) is -0.580. The lowest BCUT2D eigenvalue weighted by Crippen LogP contribution is -2.46. The average molecular weight is 894 g/mol. The summed E-state index contributed by atoms with van der Waals surface area (Å²) in [6.45, 7) is 6.34. The minimum Gasteiger partial charge on any atom is -0.461 e. The van der Waals surface area contributed by atoms with Crippen LogP contribution in [-0.2, 0) is 14.3 Å². The molecule has 0 radical (unpaired) electrons. The van der Waals surface area contributed by atoms with E-state index in [-0.39, 0.29) is 24.9 Å². The van der Waals surface area contributed by atoms with E-state index in [0.29, 0.717) is 19.3 Å². The first kappa shape index (κ1) is 61.3. The molecule has 0 aromatic rings. The van der Waals surface area contributed by atoms with Crippen molar-refractivity contribution in [1.29, 1.82) is 0 Å². The highest BCUT2D eigenvalue weighted by Gasteiger charge is 2.23. The molecule has 0 rings (SSSR count). The lowest BCUT2D eigenvalue weighted by molar-refractivity contribution is -0.150. The van der Waals surface area contributed by atoms with Crippen molar-refractivity contribution in [3.8, 4) is 0 Å². The minimum atomic E-state index is -0.814. The van der Waals surface area contributed by atoms with E-state index in [1.807, 2.05) is 6.08 Å². The maximum Gasteiger partial charge on any atom is 0.306 e. The first-order chi connectivity index (χ1) is 31.5. The number of rotatable bonds is 48. The Balaban J connectivity index is 4.66. The summed E-state index contributed by atoms with van der Waals surface area (Å²) in [6, 6.07) is -0.734. The van der Waals surface area contributed by atoms with Gasteiger partial charge in [-0.3, -0.25) is 9.59 Å². The van der Waals surface area contributed by atoms with Crippen molar-refractivity contribution >= 4 is 11.9 Å². The largest absolute Gasteiger partial charge is 0.461 e. The van der Waals surface area contributed by atoms with Crippen LogP contribution in [0, 0.1) is 0 Å². The smallest absolute Gasteiger partial charge is 0.306 e. The summed E-state index contributed by atoms with van der Waals surface area (Å²) in [4.78, 5) is 26.2. The molecule has 370 valence electrons. The Bertz CT molecular complexity index is 1190. The van der Waals surface area contributed by atoms with E-state index >= 15 is 0 Å². The molecular weight excluding hydrogens is 791 g/mol. The predicted molar refractivity (Wildman–Crippen MR) is 278 cm³/mol. The van der Waals surface area contributed by atoms with Gasteiger partial charge in [-0.1, -0.05) is 241 Å². The highest BCUT2D eigenvalue weighted by Crippen LogP contribution is 2.16. The van der Waals surface area contributed by atoms with Gasteiger partial charge in [0.2, 0.25) is 5.91 Å². The topological polar surface area (TPSA) is 95.9 Å². The lowest BCUT2D eigenvalue weighted by atomic mass is 10.0. The fraction of sp³-hybridized carbons (Fsp3) is 0.759. The van der Waals surface area contributed by atoms with Crippen molar-refractivity contribution in [3.05, 3.63) is 72.9 Å². The number of carbonyl (C=O) groups excluding carboxylic acids is 2. The molecule has 0 aliphatic rings. The number of aliphatic hydroxyl groups is 2. The minimum absolute atomic E-state index is 0.00278. The summed E-state index contributed by atoms with van der Waals surface area (Å²) in [6.07, 6.45) is 65.6. The van der Waals surface area contributed by atoms with Crippen molar-refractivity contribution in [3.63, 3.8) is 0 Å². The zero-order valence-electron chi connectivity index (χ0n) is 42.1. The van der Waals surface area contributed by atoms with Crippen LogP contribution >= 0.6 is 0 Å². The Labute approximate surface area is 396 Å². The number of carbonyl (C=O) groups is 2. The second-order valence-corrected chi connectivity index (χ2v) is 18.3. The van der Waals surface area contributed by atoms with E-state index in [2.05, 4.69) is 92.9 Å². The van der Waals surface area contributed by atoms with Crippen LogP contribution in [0.5, 0.6) is 0 Å². The first-order valence-electron chi connectivity index (χ1n) is 27.2. The fourth-order valence-corrected chi connectivity index (χ4v) is 7.92. The molecule has 0 fully saturated rings. The van der Waals surface area contributed by atoms with Gasteiger partial charge in [-0.15, -0.1) is 0 Å². The van der Waals surface area contributed by atoms with Crippen molar-refractivity contribution in [2.45, 2.75) is 277 Å². The zero-order chi connectivity index (χ0) is 46.7. The van der Waals surface area contributed by atoms with Gasteiger partial charge in [-0.2, -0.15) is 0 Å². The molecular formula is C58H103NO5. The van der Waals surface area contributed by atoms with E-state index < -0.39 is 18.2 Å². The number of allylic oxidation sites excluding steroid dienone is 11. The molecule has 0 saturated carbocycles. The van der Waals surface area contributed by atoms with Gasteiger partial charge in [0.25, 0.3) is 0 Å². The van der Waals surface area contributed by atoms with Crippen LogP contribution < -0.4 is 5.32 Å². The Hall–Kier alpha value is -2.70. The van der Waals surface area contributed by atoms with E-state index in [0.717, 1.165) is 70.6 Å². The van der Waals surface area contributed by atoms with E-state index in [1.165, 1.54) is 141 Å². The van der Waals surface area contributed by atoms with Crippen molar-refractivity contribution < 1.29 is 24.5 Å². The van der Waals surface area contributed by atoms with Gasteiger partial charge in [0.1, 0.15) is 6.10 Å². The third-order valence-corrected chi connectivity index (χ3v) is 12.0. The maximum absolute atomic E-state index is 13.2. The number of hydrogen-bond donors (Lipinski definition) is 3. The molecule has 0 saturated heterocycles. The second-order valence-electron chi connectivity index (χ2n) is 18.3. The molecule has 0 aromatic carbocycles. The van der Waals surface area contributed by atoms with Gasteiger partial charge in [0.05, 0.1) is 25.2 Å². The first-order valence-corrected chi connectivity index (χ1v) is 27.2. The third kappa shape index (κ3) is 45.9. The van der Waals surface area contributed by atoms with Crippen LogP contribution in [-0.4, -0.2) is 46.9 Å². The number of nitrogens with one attached hydrogen (secondary N) is 1. The molecule has 3 atom stereocenters. The van der Waals surface area contributed by atoms with Gasteiger partial charge in [-0.05, 0) is 70.6 Å². The summed E-state index contributed by atoms with van der Waals surface area (Å²) in [7, 11) is 0. The highest BCUT2D eigenvalue weighted by molar-refractivity contribution is 5.77. The maximum atomic E-state index is 13.2. The van der Waals surface area contributed by atoms with Crippen molar-refractivity contribution in [1.82, 2.24) is 5.32 Å². The zero-order valence-corrected chi connectivity index (χ0v) is 42.1. The number of hydrogen-bond acceptors (Lipinski definition) is 5. The number of unbranched alkanes of at least 4 members (excludes halogenated alkanes) is 25. The molecule has 0 heterocycles. The van der Waals surface area contributed by atoms with Crippen LogP contribution in [0.25, 0.3) is 0 Å². The monoisotopic (exact) mass is 894 g/mol. The van der Waals surface area contributed by atoms with Crippen LogP contribution in [0.4, 0.5) is 0 Å². The molecule has 0 spiro atoms. The number of aliphatic hydroxyl groups excluding tert-OH is 2. The van der Waals surface area contributed by atoms with Gasteiger partial charge in [0.15, 0.2) is 0 Å². The Morgan fingerprint density at radius 3 is 1.31 bits per heavy atom. The fourth-order valence-electron chi connectivity index (χ4n) is 7.92. The van der Waals surface area contributed by atoms with Crippen molar-refractivity contribution in [2.24, 2.45) is 0 Å². The quantitative estimate of drug-likeness (QED) is 0.0321. The molecule has 0 aliphatic heterocycles. The standard InChI is InChI=1S/C58H103NO5/c1-4-7-10-13-16-19-22-24-26-27-28-29-31-33-36-39-42-45-48-51-58(63)64-54(49-46-43-40-37-35-32-30-25-23-20-17-14-11-8-5-2)52-57(62)59-55(53-60)56(61)50-47-44-41-38-34-21-18-15-12-9-6-3/h8,11,17,20,24-26,30,35,37,43,46,54-56,60-61H,4-7,9-10,12-16,18-19,21-23,27-29,31-34,36,38-42,44-45,47-53H2,1-3H3,(H,59,62)/b11-8-,20-17-,26-24+,30-25-,37-35-,46-43-. The Morgan fingerprint density at radius 1 is 0.484 bits per heavy atom. The Kier molecular flexibility index (Phi) is 49.1.